The van der Waals surface area contributed by atoms with Crippen LogP contribution in [0.25, 0.3) is 0 Å². The Bertz CT molecular complexity index is 772. The van der Waals surface area contributed by atoms with Crippen LogP contribution in [0.15, 0.2) is 30.3 Å². The van der Waals surface area contributed by atoms with Gasteiger partial charge in [0, 0.05) is 0 Å². The van der Waals surface area contributed by atoms with Crippen molar-refractivity contribution in [1.82, 2.24) is 9.96 Å². The second-order valence-corrected chi connectivity index (χ2v) is 11.4. The van der Waals surface area contributed by atoms with Crippen LogP contribution in [0.5, 0.6) is 0 Å². The molecular formula is C22H28N2O3Se. The van der Waals surface area contributed by atoms with Crippen molar-refractivity contribution in [2.75, 3.05) is 7.05 Å². The third-order valence-corrected chi connectivity index (χ3v) is 10.4. The first-order valence-electron chi connectivity index (χ1n) is 10.6. The molecule has 0 N–H and O–H groups in total. The second kappa shape index (κ2) is 7.24. The molecule has 3 aliphatic heterocycles. The topological polar surface area (TPSA) is 49.9 Å². The molecule has 3 heterocycles. The summed E-state index contributed by atoms with van der Waals surface area (Å²) in [5.41, 5.74) is -0.0151. The number of fused-ring (bicyclic) bond motifs is 4. The predicted octanol–water partition coefficient (Wildman–Crippen LogP) is 2.29. The molecule has 2 amide bonds. The number of benzene rings is 1. The van der Waals surface area contributed by atoms with E-state index >= 15 is 0 Å². The maximum atomic E-state index is 12.8. The fourth-order valence-electron chi connectivity index (χ4n) is 5.83. The summed E-state index contributed by atoms with van der Waals surface area (Å²) in [6, 6.07) is 10.9. The van der Waals surface area contributed by atoms with Gasteiger partial charge in [-0.3, -0.25) is 0 Å². The molecule has 1 aromatic carbocycles. The Morgan fingerprint density at radius 3 is 2.61 bits per heavy atom. The summed E-state index contributed by atoms with van der Waals surface area (Å²) in [6.45, 7) is 0. The molecule has 1 aromatic rings. The quantitative estimate of drug-likeness (QED) is 0.516. The van der Waals surface area contributed by atoms with E-state index in [0.29, 0.717) is 19.8 Å². The first kappa shape index (κ1) is 18.8. The molecule has 4 fully saturated rings. The maximum absolute atomic E-state index is 12.8. The van der Waals surface area contributed by atoms with Gasteiger partial charge in [-0.15, -0.1) is 0 Å². The van der Waals surface area contributed by atoms with Crippen molar-refractivity contribution in [3.05, 3.63) is 30.3 Å². The fourth-order valence-corrected chi connectivity index (χ4v) is 8.94. The summed E-state index contributed by atoms with van der Waals surface area (Å²) in [7, 11) is 1.60. The van der Waals surface area contributed by atoms with Crippen LogP contribution < -0.4 is 4.46 Å². The van der Waals surface area contributed by atoms with Crippen LogP contribution in [0.3, 0.4) is 0 Å². The van der Waals surface area contributed by atoms with Gasteiger partial charge in [-0.2, -0.15) is 0 Å². The van der Waals surface area contributed by atoms with Gasteiger partial charge in [0.05, 0.1) is 0 Å². The molecule has 0 radical (unpaired) electrons. The van der Waals surface area contributed by atoms with Crippen molar-refractivity contribution in [2.45, 2.75) is 73.9 Å². The molecule has 5 rings (SSSR count). The number of imide groups is 1. The third kappa shape index (κ3) is 2.80. The van der Waals surface area contributed by atoms with Crippen LogP contribution in [0.1, 0.15) is 51.4 Å². The van der Waals surface area contributed by atoms with E-state index in [1.807, 2.05) is 0 Å². The molecule has 3 saturated heterocycles. The van der Waals surface area contributed by atoms with Crippen LogP contribution in [0, 0.1) is 5.92 Å². The van der Waals surface area contributed by atoms with Gasteiger partial charge in [-0.1, -0.05) is 0 Å². The monoisotopic (exact) mass is 448 g/mol. The van der Waals surface area contributed by atoms with Gasteiger partial charge < -0.3 is 0 Å². The standard InChI is InChI=1S/C22H28N2O3Se/c1-23-20(25)18-16-11-8-14-22(24(16)27-19(18)21(23)26)13-7-3-6-12-17(22)28-15-9-4-2-5-10-15/h2,4-5,9-10,16-19H,3,6-8,11-14H2,1H3/t16-,17?,18+,19-,22+/m0/s1. The van der Waals surface area contributed by atoms with E-state index in [1.165, 1.54) is 35.0 Å². The van der Waals surface area contributed by atoms with Crippen molar-refractivity contribution in [1.29, 1.82) is 0 Å². The number of carbonyl (C=O) groups excluding carboxylic acids is 2. The zero-order valence-electron chi connectivity index (χ0n) is 16.4. The van der Waals surface area contributed by atoms with Crippen LogP contribution in [-0.4, -0.2) is 61.5 Å². The first-order valence-corrected chi connectivity index (χ1v) is 12.5. The molecule has 1 aliphatic carbocycles. The summed E-state index contributed by atoms with van der Waals surface area (Å²) in [6.07, 6.45) is 8.72. The molecular weight excluding hydrogens is 419 g/mol. The average molecular weight is 447 g/mol. The Hall–Kier alpha value is -1.20. The number of nitrogens with zero attached hydrogens (tertiary/aromatic N) is 2. The van der Waals surface area contributed by atoms with E-state index in [4.69, 9.17) is 4.84 Å². The molecule has 5 atom stereocenters. The molecule has 4 aliphatic rings. The molecule has 0 aromatic heterocycles. The van der Waals surface area contributed by atoms with E-state index in [2.05, 4.69) is 35.4 Å². The van der Waals surface area contributed by atoms with Crippen LogP contribution in [0.2, 0.25) is 4.82 Å². The van der Waals surface area contributed by atoms with E-state index < -0.39 is 6.10 Å². The molecule has 1 saturated carbocycles. The van der Waals surface area contributed by atoms with E-state index in [9.17, 15) is 9.59 Å². The summed E-state index contributed by atoms with van der Waals surface area (Å²) in [5, 5.41) is 2.20. The van der Waals surface area contributed by atoms with Gasteiger partial charge in [-0.05, 0) is 0 Å². The van der Waals surface area contributed by atoms with Gasteiger partial charge in [0.15, 0.2) is 0 Å². The van der Waals surface area contributed by atoms with Crippen LogP contribution in [-0.2, 0) is 14.4 Å². The fraction of sp³-hybridized carbons (Fsp3) is 0.636. The molecule has 5 nitrogen and oxygen atoms in total. The Kier molecular flexibility index (Phi) is 4.87. The van der Waals surface area contributed by atoms with Gasteiger partial charge in [0.25, 0.3) is 0 Å². The first-order chi connectivity index (χ1) is 13.6. The Morgan fingerprint density at radius 2 is 1.79 bits per heavy atom. The Labute approximate surface area is 172 Å². The summed E-state index contributed by atoms with van der Waals surface area (Å²) in [5.74, 6) is -0.501. The van der Waals surface area contributed by atoms with Crippen LogP contribution in [0.4, 0.5) is 0 Å². The van der Waals surface area contributed by atoms with Gasteiger partial charge in [0.1, 0.15) is 0 Å². The van der Waals surface area contributed by atoms with Crippen molar-refractivity contribution in [3.63, 3.8) is 0 Å². The SMILES string of the molecule is CN1C(=O)[C@H]2[C@H](ON3[C@H]2CCC[C@@]32CCCCCC2[Se]c2ccccc2)C1=O. The predicted molar refractivity (Wildman–Crippen MR) is 107 cm³/mol. The summed E-state index contributed by atoms with van der Waals surface area (Å²) >= 11 is 0.360. The Morgan fingerprint density at radius 1 is 1.00 bits per heavy atom. The molecule has 6 heteroatoms. The number of likely N-dealkylation sites (N-methyl/N-ethyl adjacent to an activating group) is 1. The van der Waals surface area contributed by atoms with Crippen molar-refractivity contribution in [2.24, 2.45) is 5.92 Å². The van der Waals surface area contributed by atoms with Crippen LogP contribution >= 0.6 is 0 Å². The minimum absolute atomic E-state index is 0.0151. The number of likely N-dealkylation sites (tertiary alicyclic amines) is 1. The van der Waals surface area contributed by atoms with E-state index in [0.717, 1.165) is 25.7 Å². The van der Waals surface area contributed by atoms with Crippen molar-refractivity contribution < 1.29 is 14.4 Å². The second-order valence-electron chi connectivity index (χ2n) is 8.70. The number of rotatable bonds is 2. The number of hydroxylamine groups is 2. The zero-order valence-corrected chi connectivity index (χ0v) is 18.1. The summed E-state index contributed by atoms with van der Waals surface area (Å²) in [4.78, 5) is 33.6. The average Bonchev–Trinajstić information content (AvgIpc) is 3.12. The molecule has 150 valence electrons. The Balaban J connectivity index is 1.49. The number of carbonyl (C=O) groups is 2. The van der Waals surface area contributed by atoms with Gasteiger partial charge >= 0.3 is 173 Å². The van der Waals surface area contributed by atoms with Crippen molar-refractivity contribution >= 4 is 31.2 Å². The normalized spacial score (nSPS) is 38.5. The third-order valence-electron chi connectivity index (χ3n) is 7.20. The molecule has 1 spiro atoms. The van der Waals surface area contributed by atoms with Gasteiger partial charge in [-0.25, -0.2) is 0 Å². The molecule has 0 bridgehead atoms. The number of amides is 2. The van der Waals surface area contributed by atoms with Gasteiger partial charge in [0.2, 0.25) is 0 Å². The molecule has 28 heavy (non-hydrogen) atoms. The summed E-state index contributed by atoms with van der Waals surface area (Å²) < 4.78 is 1.44. The van der Waals surface area contributed by atoms with E-state index in [-0.39, 0.29) is 29.3 Å². The van der Waals surface area contributed by atoms with Crippen molar-refractivity contribution in [3.8, 4) is 0 Å². The number of hydrogen-bond donors (Lipinski definition) is 0. The number of hydrogen-bond acceptors (Lipinski definition) is 4. The minimum atomic E-state index is -0.592. The molecule has 1 unspecified atom stereocenters. The van der Waals surface area contributed by atoms with E-state index in [1.54, 1.807) is 7.05 Å². The zero-order chi connectivity index (χ0) is 19.3. The number of piperidine rings is 1.